The Morgan fingerprint density at radius 3 is 2.57 bits per heavy atom. The van der Waals surface area contributed by atoms with E-state index in [1.54, 1.807) is 6.20 Å². The van der Waals surface area contributed by atoms with Crippen LogP contribution in [-0.2, 0) is 4.79 Å². The van der Waals surface area contributed by atoms with Crippen LogP contribution in [0.1, 0.15) is 16.9 Å². The molecule has 0 spiro atoms. The minimum absolute atomic E-state index is 0.104. The van der Waals surface area contributed by atoms with Gasteiger partial charge in [0.05, 0.1) is 23.5 Å². The van der Waals surface area contributed by atoms with Crippen molar-refractivity contribution in [3.05, 3.63) is 52.6 Å². The van der Waals surface area contributed by atoms with Crippen LogP contribution in [0, 0.1) is 5.92 Å². The van der Waals surface area contributed by atoms with Gasteiger partial charge in [-0.25, -0.2) is 9.97 Å². The summed E-state index contributed by atoms with van der Waals surface area (Å²) in [6, 6.07) is 9.44. The zero-order valence-electron chi connectivity index (χ0n) is 19.5. The molecule has 1 unspecified atom stereocenters. The van der Waals surface area contributed by atoms with E-state index < -0.39 is 5.91 Å². The SMILES string of the molecule is CN1CCC(C(=O)N2CCN(c3cnc(C(N)=O)c(-c4nc(-c5ccccc5Cl)cs4)c3)CC2)C1. The lowest BCUT2D eigenvalue weighted by molar-refractivity contribution is -0.135. The number of pyridine rings is 1. The van der Waals surface area contributed by atoms with Gasteiger partial charge in [-0.05, 0) is 32.1 Å². The highest BCUT2D eigenvalue weighted by atomic mass is 35.5. The van der Waals surface area contributed by atoms with Crippen LogP contribution in [-0.4, -0.2) is 77.9 Å². The molecule has 5 rings (SSSR count). The first-order chi connectivity index (χ1) is 16.9. The monoisotopic (exact) mass is 510 g/mol. The lowest BCUT2D eigenvalue weighted by atomic mass is 10.1. The van der Waals surface area contributed by atoms with Crippen molar-refractivity contribution in [2.24, 2.45) is 11.7 Å². The topological polar surface area (TPSA) is 95.7 Å². The smallest absolute Gasteiger partial charge is 0.268 e. The van der Waals surface area contributed by atoms with Crippen molar-refractivity contribution >= 4 is 40.4 Å². The number of anilines is 1. The Kier molecular flexibility index (Phi) is 6.73. The van der Waals surface area contributed by atoms with E-state index in [1.165, 1.54) is 11.3 Å². The molecule has 182 valence electrons. The standard InChI is InChI=1S/C25H27ClN6O2S/c1-30-7-6-16(14-30)25(34)32-10-8-31(9-11-32)17-12-19(22(23(27)33)28-13-17)24-29-21(15-35-24)18-4-2-3-5-20(18)26/h2-5,12-13,15-16H,6-11,14H2,1H3,(H2,27,33). The largest absolute Gasteiger partial charge is 0.367 e. The van der Waals surface area contributed by atoms with E-state index in [4.69, 9.17) is 22.3 Å². The maximum atomic E-state index is 12.9. The number of carbonyl (C=O) groups is 2. The molecule has 2 aliphatic heterocycles. The fourth-order valence-electron chi connectivity index (χ4n) is 4.76. The number of primary amides is 1. The van der Waals surface area contributed by atoms with Gasteiger partial charge in [-0.3, -0.25) is 9.59 Å². The fraction of sp³-hybridized carbons (Fsp3) is 0.360. The number of nitrogens with zero attached hydrogens (tertiary/aromatic N) is 5. The molecule has 10 heteroatoms. The number of carbonyl (C=O) groups excluding carboxylic acids is 2. The first kappa shape index (κ1) is 23.7. The number of halogens is 1. The number of aromatic nitrogens is 2. The number of rotatable bonds is 5. The lowest BCUT2D eigenvalue weighted by Gasteiger charge is -2.37. The van der Waals surface area contributed by atoms with Gasteiger partial charge in [0.1, 0.15) is 10.7 Å². The van der Waals surface area contributed by atoms with Gasteiger partial charge < -0.3 is 20.4 Å². The molecule has 1 atom stereocenters. The molecule has 2 amide bonds. The molecular formula is C25H27ClN6O2S. The van der Waals surface area contributed by atoms with E-state index in [2.05, 4.69) is 21.8 Å². The van der Waals surface area contributed by atoms with E-state index in [0.29, 0.717) is 41.8 Å². The lowest BCUT2D eigenvalue weighted by Crippen LogP contribution is -2.50. The Labute approximate surface area is 213 Å². The van der Waals surface area contributed by atoms with Crippen molar-refractivity contribution in [1.29, 1.82) is 0 Å². The average Bonchev–Trinajstić information content (AvgIpc) is 3.53. The first-order valence-electron chi connectivity index (χ1n) is 11.6. The van der Waals surface area contributed by atoms with Gasteiger partial charge >= 0.3 is 0 Å². The molecule has 2 saturated heterocycles. The van der Waals surface area contributed by atoms with E-state index in [0.717, 1.165) is 36.5 Å². The molecule has 0 bridgehead atoms. The van der Waals surface area contributed by atoms with Crippen molar-refractivity contribution in [1.82, 2.24) is 19.8 Å². The summed E-state index contributed by atoms with van der Waals surface area (Å²) in [4.78, 5) is 40.5. The molecule has 3 aromatic rings. The maximum Gasteiger partial charge on any atom is 0.268 e. The van der Waals surface area contributed by atoms with Crippen molar-refractivity contribution in [3.8, 4) is 21.8 Å². The maximum absolute atomic E-state index is 12.9. The number of hydrogen-bond donors (Lipinski definition) is 1. The van der Waals surface area contributed by atoms with Gasteiger partial charge in [-0.2, -0.15) is 0 Å². The van der Waals surface area contributed by atoms with Crippen LogP contribution in [0.25, 0.3) is 21.8 Å². The summed E-state index contributed by atoms with van der Waals surface area (Å²) >= 11 is 7.77. The summed E-state index contributed by atoms with van der Waals surface area (Å²) in [6.07, 6.45) is 2.61. The normalized spacial score (nSPS) is 18.7. The molecule has 35 heavy (non-hydrogen) atoms. The Morgan fingerprint density at radius 2 is 1.89 bits per heavy atom. The number of piperazine rings is 1. The molecule has 1 aromatic carbocycles. The van der Waals surface area contributed by atoms with E-state index >= 15 is 0 Å². The highest BCUT2D eigenvalue weighted by molar-refractivity contribution is 7.13. The minimum Gasteiger partial charge on any atom is -0.367 e. The molecule has 2 aromatic heterocycles. The van der Waals surface area contributed by atoms with E-state index in [-0.39, 0.29) is 17.5 Å². The van der Waals surface area contributed by atoms with Crippen LogP contribution in [0.3, 0.4) is 0 Å². The van der Waals surface area contributed by atoms with E-state index in [1.807, 2.05) is 40.6 Å². The van der Waals surface area contributed by atoms with Gasteiger partial charge in [0.15, 0.2) is 0 Å². The highest BCUT2D eigenvalue weighted by Crippen LogP contribution is 2.35. The van der Waals surface area contributed by atoms with Gasteiger partial charge in [0.2, 0.25) is 5.91 Å². The summed E-state index contributed by atoms with van der Waals surface area (Å²) in [6.45, 7) is 4.55. The van der Waals surface area contributed by atoms with Crippen LogP contribution >= 0.6 is 22.9 Å². The van der Waals surface area contributed by atoms with Crippen molar-refractivity contribution in [2.45, 2.75) is 6.42 Å². The number of amides is 2. The molecule has 2 fully saturated rings. The van der Waals surface area contributed by atoms with Crippen molar-refractivity contribution < 1.29 is 9.59 Å². The zero-order valence-corrected chi connectivity index (χ0v) is 21.1. The third-order valence-corrected chi connectivity index (χ3v) is 7.89. The van der Waals surface area contributed by atoms with Gasteiger partial charge in [0, 0.05) is 54.3 Å². The number of nitrogens with two attached hydrogens (primary N) is 1. The average molecular weight is 511 g/mol. The molecule has 0 aliphatic carbocycles. The van der Waals surface area contributed by atoms with Crippen LogP contribution in [0.2, 0.25) is 5.02 Å². The number of hydrogen-bond acceptors (Lipinski definition) is 7. The number of likely N-dealkylation sites (tertiary alicyclic amines) is 1. The third-order valence-electron chi connectivity index (χ3n) is 6.69. The van der Waals surface area contributed by atoms with Crippen LogP contribution in [0.4, 0.5) is 5.69 Å². The zero-order chi connectivity index (χ0) is 24.5. The van der Waals surface area contributed by atoms with E-state index in [9.17, 15) is 9.59 Å². The molecule has 2 N–H and O–H groups in total. The number of thiazole rings is 1. The molecule has 0 saturated carbocycles. The second-order valence-electron chi connectivity index (χ2n) is 9.03. The quantitative estimate of drug-likeness (QED) is 0.566. The highest BCUT2D eigenvalue weighted by Gasteiger charge is 2.31. The first-order valence-corrected chi connectivity index (χ1v) is 12.9. The molecule has 2 aliphatic rings. The van der Waals surface area contributed by atoms with Gasteiger partial charge in [0.25, 0.3) is 5.91 Å². The Hall–Kier alpha value is -3.01. The van der Waals surface area contributed by atoms with Crippen molar-refractivity contribution in [3.63, 3.8) is 0 Å². The second kappa shape index (κ2) is 9.93. The predicted octanol–water partition coefficient (Wildman–Crippen LogP) is 3.22. The third kappa shape index (κ3) is 4.89. The van der Waals surface area contributed by atoms with Crippen molar-refractivity contribution in [2.75, 3.05) is 51.2 Å². The molecule has 4 heterocycles. The predicted molar refractivity (Wildman–Crippen MR) is 139 cm³/mol. The molecular weight excluding hydrogens is 484 g/mol. The minimum atomic E-state index is -0.599. The van der Waals surface area contributed by atoms with Crippen LogP contribution < -0.4 is 10.6 Å². The molecule has 8 nitrogen and oxygen atoms in total. The Balaban J connectivity index is 1.36. The number of benzene rings is 1. The summed E-state index contributed by atoms with van der Waals surface area (Å²) in [5, 5.41) is 3.18. The summed E-state index contributed by atoms with van der Waals surface area (Å²) in [5.41, 5.74) is 8.88. The van der Waals surface area contributed by atoms with Crippen LogP contribution in [0.5, 0.6) is 0 Å². The Morgan fingerprint density at radius 1 is 1.11 bits per heavy atom. The summed E-state index contributed by atoms with van der Waals surface area (Å²) in [5.74, 6) is -0.239. The molecule has 0 radical (unpaired) electrons. The summed E-state index contributed by atoms with van der Waals surface area (Å²) < 4.78 is 0. The summed E-state index contributed by atoms with van der Waals surface area (Å²) in [7, 11) is 2.06. The van der Waals surface area contributed by atoms with Gasteiger partial charge in [-0.1, -0.05) is 29.8 Å². The Bertz CT molecular complexity index is 1260. The fourth-order valence-corrected chi connectivity index (χ4v) is 5.83. The second-order valence-corrected chi connectivity index (χ2v) is 10.3. The van der Waals surface area contributed by atoms with Crippen LogP contribution in [0.15, 0.2) is 41.9 Å². The van der Waals surface area contributed by atoms with Gasteiger partial charge in [-0.15, -0.1) is 11.3 Å².